The van der Waals surface area contributed by atoms with Crippen LogP contribution in [-0.2, 0) is 16.1 Å². The molecule has 1 aliphatic heterocycles. The smallest absolute Gasteiger partial charge is 0.233 e. The first-order valence-corrected chi connectivity index (χ1v) is 10.3. The highest BCUT2D eigenvalue weighted by atomic mass is 32.2. The average Bonchev–Trinajstić information content (AvgIpc) is 3.12. The Hall–Kier alpha value is -2.52. The van der Waals surface area contributed by atoms with Crippen LogP contribution in [0, 0.1) is 6.92 Å². The number of carbonyl (C=O) groups is 1. The van der Waals surface area contributed by atoms with Crippen molar-refractivity contribution in [1.29, 1.82) is 0 Å². The third-order valence-corrected chi connectivity index (χ3v) is 5.57. The molecule has 3 aromatic rings. The maximum absolute atomic E-state index is 12.6. The molecule has 0 aliphatic carbocycles. The molecule has 8 nitrogen and oxygen atoms in total. The maximum atomic E-state index is 12.6. The fraction of sp³-hybridized carbons (Fsp3) is 0.421. The van der Waals surface area contributed by atoms with Crippen LogP contribution in [0.4, 0.5) is 0 Å². The molecule has 1 aliphatic rings. The van der Waals surface area contributed by atoms with Crippen LogP contribution < -0.4 is 0 Å². The van der Waals surface area contributed by atoms with Crippen molar-refractivity contribution >= 4 is 23.3 Å². The van der Waals surface area contributed by atoms with Gasteiger partial charge in [0.25, 0.3) is 0 Å². The number of ether oxygens (including phenoxy) is 1. The lowest BCUT2D eigenvalue weighted by atomic mass is 10.1. The first-order chi connectivity index (χ1) is 13.7. The number of aromatic nitrogens is 5. The monoisotopic (exact) mass is 398 g/mol. The Morgan fingerprint density at radius 2 is 2.21 bits per heavy atom. The zero-order chi connectivity index (χ0) is 19.3. The van der Waals surface area contributed by atoms with Crippen LogP contribution in [0.25, 0.3) is 5.65 Å². The molecule has 28 heavy (non-hydrogen) atoms. The van der Waals surface area contributed by atoms with E-state index in [9.17, 15) is 4.79 Å². The molecule has 1 amide bonds. The fourth-order valence-electron chi connectivity index (χ4n) is 3.17. The number of likely N-dealkylation sites (tertiary alicyclic amines) is 1. The minimum absolute atomic E-state index is 0.0545. The van der Waals surface area contributed by atoms with Crippen LogP contribution in [0.5, 0.6) is 0 Å². The zero-order valence-electron chi connectivity index (χ0n) is 15.7. The van der Waals surface area contributed by atoms with Gasteiger partial charge < -0.3 is 9.64 Å². The van der Waals surface area contributed by atoms with E-state index in [4.69, 9.17) is 4.74 Å². The van der Waals surface area contributed by atoms with Gasteiger partial charge in [0.1, 0.15) is 5.03 Å². The number of fused-ring (bicyclic) bond motifs is 1. The molecular weight excluding hydrogens is 376 g/mol. The first kappa shape index (κ1) is 18.8. The molecule has 1 unspecified atom stereocenters. The van der Waals surface area contributed by atoms with Gasteiger partial charge in [-0.05, 0) is 44.0 Å². The normalized spacial score (nSPS) is 17.2. The molecule has 4 heterocycles. The summed E-state index contributed by atoms with van der Waals surface area (Å²) < 4.78 is 7.66. The molecule has 0 radical (unpaired) electrons. The number of thioether (sulfide) groups is 1. The standard InChI is InChI=1S/C19H22N6O2S/c1-14-21-22-17-7-8-18(23-25(14)17)28-13-19(26)24-10-4-6-16(11-24)27-12-15-5-2-3-9-20-15/h2-3,5,7-9,16H,4,6,10-13H2,1H3. The van der Waals surface area contributed by atoms with Gasteiger partial charge in [-0.25, -0.2) is 0 Å². The molecular formula is C19H22N6O2S. The second-order valence-corrected chi connectivity index (χ2v) is 7.71. The molecule has 1 saturated heterocycles. The molecule has 4 rings (SSSR count). The first-order valence-electron chi connectivity index (χ1n) is 9.30. The highest BCUT2D eigenvalue weighted by molar-refractivity contribution is 7.99. The SMILES string of the molecule is Cc1nnc2ccc(SCC(=O)N3CCCC(OCc4ccccn4)C3)nn12. The lowest BCUT2D eigenvalue weighted by Crippen LogP contribution is -2.44. The average molecular weight is 398 g/mol. The Morgan fingerprint density at radius 1 is 1.29 bits per heavy atom. The van der Waals surface area contributed by atoms with Crippen molar-refractivity contribution in [3.05, 3.63) is 48.0 Å². The number of piperidine rings is 1. The lowest BCUT2D eigenvalue weighted by molar-refractivity contribution is -0.132. The number of aryl methyl sites for hydroxylation is 1. The Balaban J connectivity index is 1.29. The van der Waals surface area contributed by atoms with Gasteiger partial charge in [-0.15, -0.1) is 10.2 Å². The topological polar surface area (TPSA) is 85.5 Å². The van der Waals surface area contributed by atoms with Gasteiger partial charge >= 0.3 is 0 Å². The van der Waals surface area contributed by atoms with Crippen molar-refractivity contribution in [3.63, 3.8) is 0 Å². The molecule has 1 atom stereocenters. The predicted molar refractivity (Wildman–Crippen MR) is 105 cm³/mol. The Morgan fingerprint density at radius 3 is 3.07 bits per heavy atom. The summed E-state index contributed by atoms with van der Waals surface area (Å²) in [5.74, 6) is 1.19. The molecule has 0 spiro atoms. The van der Waals surface area contributed by atoms with Crippen molar-refractivity contribution in [2.45, 2.75) is 37.5 Å². The van der Waals surface area contributed by atoms with E-state index in [0.717, 1.165) is 35.9 Å². The van der Waals surface area contributed by atoms with Gasteiger partial charge in [0.15, 0.2) is 11.5 Å². The van der Waals surface area contributed by atoms with Gasteiger partial charge in [0.2, 0.25) is 5.91 Å². The number of nitrogens with zero attached hydrogens (tertiary/aromatic N) is 6. The van der Waals surface area contributed by atoms with Gasteiger partial charge in [-0.3, -0.25) is 9.78 Å². The van der Waals surface area contributed by atoms with Crippen LogP contribution in [0.1, 0.15) is 24.4 Å². The van der Waals surface area contributed by atoms with E-state index in [1.807, 2.05) is 42.2 Å². The highest BCUT2D eigenvalue weighted by Crippen LogP contribution is 2.19. The number of amides is 1. The number of hydrogen-bond donors (Lipinski definition) is 0. The second-order valence-electron chi connectivity index (χ2n) is 6.71. The van der Waals surface area contributed by atoms with Crippen molar-refractivity contribution < 1.29 is 9.53 Å². The van der Waals surface area contributed by atoms with Crippen LogP contribution >= 0.6 is 11.8 Å². The van der Waals surface area contributed by atoms with Crippen LogP contribution in [0.15, 0.2) is 41.6 Å². The van der Waals surface area contributed by atoms with Crippen molar-refractivity contribution in [2.75, 3.05) is 18.8 Å². The number of hydrogen-bond acceptors (Lipinski definition) is 7. The molecule has 0 bridgehead atoms. The molecule has 146 valence electrons. The number of rotatable bonds is 6. The summed E-state index contributed by atoms with van der Waals surface area (Å²) in [5, 5.41) is 13.3. The van der Waals surface area contributed by atoms with Gasteiger partial charge in [-0.1, -0.05) is 17.8 Å². The van der Waals surface area contributed by atoms with Crippen molar-refractivity contribution in [3.8, 4) is 0 Å². The summed E-state index contributed by atoms with van der Waals surface area (Å²) in [7, 11) is 0. The van der Waals surface area contributed by atoms with E-state index in [2.05, 4.69) is 20.3 Å². The van der Waals surface area contributed by atoms with E-state index in [-0.39, 0.29) is 12.0 Å². The molecule has 3 aromatic heterocycles. The van der Waals surface area contributed by atoms with E-state index in [1.165, 1.54) is 11.8 Å². The summed E-state index contributed by atoms with van der Waals surface area (Å²) in [5.41, 5.74) is 1.62. The summed E-state index contributed by atoms with van der Waals surface area (Å²) in [6, 6.07) is 9.52. The van der Waals surface area contributed by atoms with Gasteiger partial charge in [-0.2, -0.15) is 9.61 Å². The Labute approximate surface area is 167 Å². The molecule has 0 N–H and O–H groups in total. The second kappa shape index (κ2) is 8.66. The largest absolute Gasteiger partial charge is 0.370 e. The van der Waals surface area contributed by atoms with E-state index >= 15 is 0 Å². The van der Waals surface area contributed by atoms with Crippen molar-refractivity contribution in [2.24, 2.45) is 0 Å². The van der Waals surface area contributed by atoms with E-state index in [0.29, 0.717) is 24.6 Å². The van der Waals surface area contributed by atoms with E-state index < -0.39 is 0 Å². The number of carbonyl (C=O) groups excluding carboxylic acids is 1. The van der Waals surface area contributed by atoms with E-state index in [1.54, 1.807) is 10.7 Å². The van der Waals surface area contributed by atoms with Crippen LogP contribution in [0.3, 0.4) is 0 Å². The third-order valence-electron chi connectivity index (χ3n) is 4.66. The number of pyridine rings is 1. The molecule has 0 saturated carbocycles. The Bertz CT molecular complexity index is 948. The van der Waals surface area contributed by atoms with Gasteiger partial charge in [0.05, 0.1) is 24.2 Å². The molecule has 0 aromatic carbocycles. The van der Waals surface area contributed by atoms with Crippen molar-refractivity contribution in [1.82, 2.24) is 29.7 Å². The quantitative estimate of drug-likeness (QED) is 0.588. The van der Waals surface area contributed by atoms with Gasteiger partial charge in [0, 0.05) is 19.3 Å². The summed E-state index contributed by atoms with van der Waals surface area (Å²) in [4.78, 5) is 18.8. The zero-order valence-corrected chi connectivity index (χ0v) is 16.5. The Kier molecular flexibility index (Phi) is 5.82. The lowest BCUT2D eigenvalue weighted by Gasteiger charge is -2.32. The minimum atomic E-state index is 0.0545. The predicted octanol–water partition coefficient (Wildman–Crippen LogP) is 2.13. The maximum Gasteiger partial charge on any atom is 0.233 e. The summed E-state index contributed by atoms with van der Waals surface area (Å²) >= 11 is 1.43. The third kappa shape index (κ3) is 4.48. The molecule has 1 fully saturated rings. The molecule has 9 heteroatoms. The van der Waals surface area contributed by atoms with Crippen LogP contribution in [-0.4, -0.2) is 60.5 Å². The minimum Gasteiger partial charge on any atom is -0.370 e. The summed E-state index contributed by atoms with van der Waals surface area (Å²) in [6.45, 7) is 3.74. The fourth-order valence-corrected chi connectivity index (χ4v) is 3.93. The summed E-state index contributed by atoms with van der Waals surface area (Å²) in [6.07, 6.45) is 3.74. The highest BCUT2D eigenvalue weighted by Gasteiger charge is 2.24. The van der Waals surface area contributed by atoms with Crippen LogP contribution in [0.2, 0.25) is 0 Å².